The van der Waals surface area contributed by atoms with Crippen molar-refractivity contribution < 1.29 is 22.7 Å². The number of thioether (sulfide) groups is 1. The third-order valence-electron chi connectivity index (χ3n) is 5.50. The molecule has 0 saturated heterocycles. The highest BCUT2D eigenvalue weighted by atomic mass is 35.5. The first-order valence-corrected chi connectivity index (χ1v) is 14.6. The van der Waals surface area contributed by atoms with E-state index in [0.717, 1.165) is 33.4 Å². The number of halogens is 1. The minimum absolute atomic E-state index is 0.00376. The average molecular weight is 563 g/mol. The molecule has 0 aliphatic heterocycles. The summed E-state index contributed by atoms with van der Waals surface area (Å²) in [5.41, 5.74) is 2.52. The van der Waals surface area contributed by atoms with Crippen LogP contribution in [0.3, 0.4) is 0 Å². The highest BCUT2D eigenvalue weighted by molar-refractivity contribution is 7.98. The lowest BCUT2D eigenvalue weighted by atomic mass is 10.2. The summed E-state index contributed by atoms with van der Waals surface area (Å²) in [6.07, 6.45) is 0.754. The predicted molar refractivity (Wildman–Crippen MR) is 150 cm³/mol. The fraction of sp³-hybridized carbons (Fsp3) is 0.296. The number of nitrogens with zero attached hydrogens (tertiary/aromatic N) is 1. The predicted octanol–water partition coefficient (Wildman–Crippen LogP) is 5.30. The summed E-state index contributed by atoms with van der Waals surface area (Å²) in [5.74, 6) is 1.99. The first kappa shape index (κ1) is 28.7. The molecule has 0 saturated carbocycles. The van der Waals surface area contributed by atoms with Crippen molar-refractivity contribution in [3.63, 3.8) is 0 Å². The van der Waals surface area contributed by atoms with E-state index in [0.29, 0.717) is 23.0 Å². The van der Waals surface area contributed by atoms with Crippen molar-refractivity contribution in [2.45, 2.75) is 24.0 Å². The maximum atomic E-state index is 13.6. The molecule has 198 valence electrons. The van der Waals surface area contributed by atoms with Crippen LogP contribution in [0.1, 0.15) is 17.5 Å². The van der Waals surface area contributed by atoms with Crippen molar-refractivity contribution in [3.8, 4) is 11.5 Å². The number of aryl methyl sites for hydroxylation is 1. The summed E-state index contributed by atoms with van der Waals surface area (Å²) in [6.45, 7) is 2.00. The Balaban J connectivity index is 1.65. The molecule has 0 bridgehead atoms. The van der Waals surface area contributed by atoms with Crippen LogP contribution in [0, 0.1) is 6.92 Å². The normalized spacial score (nSPS) is 11.1. The smallest absolute Gasteiger partial charge is 0.264 e. The molecule has 0 unspecified atom stereocenters. The van der Waals surface area contributed by atoms with E-state index >= 15 is 0 Å². The molecule has 0 radical (unpaired) electrons. The molecule has 7 nitrogen and oxygen atoms in total. The molecule has 0 aromatic heterocycles. The molecule has 1 amide bonds. The van der Waals surface area contributed by atoms with Gasteiger partial charge in [0, 0.05) is 23.4 Å². The minimum atomic E-state index is -4.07. The van der Waals surface area contributed by atoms with Crippen LogP contribution >= 0.6 is 23.4 Å². The van der Waals surface area contributed by atoms with Gasteiger partial charge in [-0.05, 0) is 61.1 Å². The minimum Gasteiger partial charge on any atom is -0.493 e. The summed E-state index contributed by atoms with van der Waals surface area (Å²) in [7, 11) is -1.16. The van der Waals surface area contributed by atoms with Crippen molar-refractivity contribution in [2.75, 3.05) is 37.4 Å². The Labute approximate surface area is 228 Å². The van der Waals surface area contributed by atoms with Crippen molar-refractivity contribution >= 4 is 45.0 Å². The van der Waals surface area contributed by atoms with E-state index in [1.54, 1.807) is 23.9 Å². The lowest BCUT2D eigenvalue weighted by molar-refractivity contribution is -0.119. The fourth-order valence-corrected chi connectivity index (χ4v) is 6.09. The highest BCUT2D eigenvalue weighted by Crippen LogP contribution is 2.32. The number of amides is 1. The number of anilines is 1. The van der Waals surface area contributed by atoms with E-state index in [-0.39, 0.29) is 23.1 Å². The Kier molecular flexibility index (Phi) is 10.5. The van der Waals surface area contributed by atoms with Crippen LogP contribution in [0.15, 0.2) is 71.6 Å². The first-order chi connectivity index (χ1) is 17.7. The number of nitrogens with one attached hydrogen (secondary N) is 1. The van der Waals surface area contributed by atoms with E-state index < -0.39 is 10.0 Å². The standard InChI is InChI=1S/C27H31ClN2O5S2/c1-20-8-10-23(11-9-20)30(37(32,33)24-12-13-25(34-2)26(17-24)35-3)18-27(31)29-14-5-15-36-19-21-6-4-7-22(28)16-21/h4,6-13,16-17H,5,14-15,18-19H2,1-3H3,(H,29,31). The van der Waals surface area contributed by atoms with E-state index in [1.165, 1.54) is 32.4 Å². The van der Waals surface area contributed by atoms with Crippen LogP contribution in [-0.4, -0.2) is 47.4 Å². The van der Waals surface area contributed by atoms with Crippen molar-refractivity contribution in [2.24, 2.45) is 0 Å². The second kappa shape index (κ2) is 13.6. The zero-order valence-electron chi connectivity index (χ0n) is 21.1. The van der Waals surface area contributed by atoms with Crippen LogP contribution < -0.4 is 19.1 Å². The third-order valence-corrected chi connectivity index (χ3v) is 8.62. The molecular weight excluding hydrogens is 532 g/mol. The number of hydrogen-bond acceptors (Lipinski definition) is 6. The molecule has 37 heavy (non-hydrogen) atoms. The van der Waals surface area contributed by atoms with Gasteiger partial charge in [0.25, 0.3) is 10.0 Å². The van der Waals surface area contributed by atoms with Crippen molar-refractivity contribution in [1.82, 2.24) is 5.32 Å². The number of hydrogen-bond donors (Lipinski definition) is 1. The van der Waals surface area contributed by atoms with Crippen LogP contribution in [0.5, 0.6) is 11.5 Å². The topological polar surface area (TPSA) is 84.9 Å². The Morgan fingerprint density at radius 2 is 1.73 bits per heavy atom. The Morgan fingerprint density at radius 1 is 1.00 bits per heavy atom. The van der Waals surface area contributed by atoms with Crippen LogP contribution in [0.2, 0.25) is 5.02 Å². The van der Waals surface area contributed by atoms with Crippen LogP contribution in [0.4, 0.5) is 5.69 Å². The van der Waals surface area contributed by atoms with Gasteiger partial charge in [-0.25, -0.2) is 8.42 Å². The first-order valence-electron chi connectivity index (χ1n) is 11.6. The van der Waals surface area contributed by atoms with E-state index in [1.807, 2.05) is 43.3 Å². The van der Waals surface area contributed by atoms with Crippen LogP contribution in [-0.2, 0) is 20.6 Å². The van der Waals surface area contributed by atoms with Gasteiger partial charge in [-0.2, -0.15) is 11.8 Å². The second-order valence-corrected chi connectivity index (χ2v) is 11.7. The molecule has 0 heterocycles. The van der Waals surface area contributed by atoms with Gasteiger partial charge in [0.2, 0.25) is 5.91 Å². The van der Waals surface area contributed by atoms with E-state index in [9.17, 15) is 13.2 Å². The quantitative estimate of drug-likeness (QED) is 0.285. The number of benzene rings is 3. The summed E-state index contributed by atoms with van der Waals surface area (Å²) in [5, 5.41) is 3.56. The second-order valence-electron chi connectivity index (χ2n) is 8.25. The molecule has 0 atom stereocenters. The number of methoxy groups -OCH3 is 2. The zero-order chi connectivity index (χ0) is 26.8. The van der Waals surface area contributed by atoms with Crippen LogP contribution in [0.25, 0.3) is 0 Å². The zero-order valence-corrected chi connectivity index (χ0v) is 23.5. The van der Waals surface area contributed by atoms with Gasteiger partial charge in [0.15, 0.2) is 11.5 Å². The van der Waals surface area contributed by atoms with Gasteiger partial charge in [-0.15, -0.1) is 0 Å². The van der Waals surface area contributed by atoms with Crippen molar-refractivity contribution in [1.29, 1.82) is 0 Å². The number of carbonyl (C=O) groups excluding carboxylic acids is 1. The van der Waals surface area contributed by atoms with Gasteiger partial charge in [-0.1, -0.05) is 41.4 Å². The molecule has 0 spiro atoms. The maximum absolute atomic E-state index is 13.6. The van der Waals surface area contributed by atoms with Gasteiger partial charge in [-0.3, -0.25) is 9.10 Å². The Bertz CT molecular complexity index is 1300. The van der Waals surface area contributed by atoms with Gasteiger partial charge < -0.3 is 14.8 Å². The van der Waals surface area contributed by atoms with Crippen molar-refractivity contribution in [3.05, 3.63) is 82.9 Å². The number of rotatable bonds is 13. The Morgan fingerprint density at radius 3 is 2.41 bits per heavy atom. The average Bonchev–Trinajstić information content (AvgIpc) is 2.89. The van der Waals surface area contributed by atoms with Gasteiger partial charge >= 0.3 is 0 Å². The molecule has 3 aromatic carbocycles. The van der Waals surface area contributed by atoms with Gasteiger partial charge in [0.1, 0.15) is 6.54 Å². The van der Waals surface area contributed by atoms with E-state index in [4.69, 9.17) is 21.1 Å². The molecule has 1 N–H and O–H groups in total. The third kappa shape index (κ3) is 8.05. The number of sulfonamides is 1. The molecule has 0 fully saturated rings. The van der Waals surface area contributed by atoms with Gasteiger partial charge in [0.05, 0.1) is 24.8 Å². The molecule has 0 aliphatic carbocycles. The number of carbonyl (C=O) groups is 1. The van der Waals surface area contributed by atoms with E-state index in [2.05, 4.69) is 5.32 Å². The molecule has 3 aromatic rings. The molecule has 3 rings (SSSR count). The molecular formula is C27H31ClN2O5S2. The summed E-state index contributed by atoms with van der Waals surface area (Å²) in [6, 6.07) is 19.1. The fourth-order valence-electron chi connectivity index (χ4n) is 3.54. The molecule has 0 aliphatic rings. The highest BCUT2D eigenvalue weighted by Gasteiger charge is 2.28. The molecule has 10 heteroatoms. The maximum Gasteiger partial charge on any atom is 0.264 e. The Hall–Kier alpha value is -2.88. The monoisotopic (exact) mass is 562 g/mol. The largest absolute Gasteiger partial charge is 0.493 e. The summed E-state index contributed by atoms with van der Waals surface area (Å²) in [4.78, 5) is 12.8. The summed E-state index contributed by atoms with van der Waals surface area (Å²) < 4.78 is 38.9. The summed E-state index contributed by atoms with van der Waals surface area (Å²) >= 11 is 7.77. The lowest BCUT2D eigenvalue weighted by Gasteiger charge is -2.24. The lowest BCUT2D eigenvalue weighted by Crippen LogP contribution is -2.41. The SMILES string of the molecule is COc1ccc(S(=O)(=O)N(CC(=O)NCCCSCc2cccc(Cl)c2)c2ccc(C)cc2)cc1OC. The number of ether oxygens (including phenoxy) is 2.